The van der Waals surface area contributed by atoms with Gasteiger partial charge in [-0.15, -0.1) is 0 Å². The monoisotopic (exact) mass is 742 g/mol. The molecule has 2 saturated carbocycles. The van der Waals surface area contributed by atoms with Crippen LogP contribution in [0.3, 0.4) is 0 Å². The molecule has 52 heavy (non-hydrogen) atoms. The minimum Gasteiger partial charge on any atom is -0.363 e. The zero-order valence-electron chi connectivity index (χ0n) is 31.4. The number of urea groups is 1. The van der Waals surface area contributed by atoms with Crippen LogP contribution in [0.1, 0.15) is 104 Å². The zero-order valence-corrected chi connectivity index (χ0v) is 32.2. The lowest BCUT2D eigenvalue weighted by molar-refractivity contribution is -0.143. The molecule has 14 heteroatoms. The predicted molar refractivity (Wildman–Crippen MR) is 196 cm³/mol. The maximum absolute atomic E-state index is 14.5. The SMILES string of the molecule is CC(C)[C@@H]1C[C@@H](C(=O)NC(CC2CCC2)C(=O)C(N)=O)N(C(=O)[C@@H](NC(=O)N[C@H](CN2Cc3ccccc3S2(=O)=O)C2CCCCC2)C(C)(C)C)C1. The number of benzene rings is 1. The van der Waals surface area contributed by atoms with E-state index in [4.69, 9.17) is 5.73 Å². The number of nitrogens with two attached hydrogens (primary N) is 1. The van der Waals surface area contributed by atoms with Crippen LogP contribution >= 0.6 is 0 Å². The number of ketones is 1. The number of hydrogen-bond donors (Lipinski definition) is 4. The molecule has 5 N–H and O–H groups in total. The molecular weight excluding hydrogens is 685 g/mol. The summed E-state index contributed by atoms with van der Waals surface area (Å²) in [6, 6.07) is 2.89. The first-order valence-corrected chi connectivity index (χ1v) is 20.5. The Morgan fingerprint density at radius 3 is 2.15 bits per heavy atom. The van der Waals surface area contributed by atoms with Crippen molar-refractivity contribution in [1.82, 2.24) is 25.2 Å². The number of fused-ring (bicyclic) bond motifs is 1. The molecule has 2 aliphatic heterocycles. The third-order valence-corrected chi connectivity index (χ3v) is 13.7. The van der Waals surface area contributed by atoms with Crippen LogP contribution < -0.4 is 21.7 Å². The highest BCUT2D eigenvalue weighted by Crippen LogP contribution is 2.35. The Kier molecular flexibility index (Phi) is 12.4. The van der Waals surface area contributed by atoms with Crippen LogP contribution in [0.2, 0.25) is 0 Å². The molecule has 1 saturated heterocycles. The van der Waals surface area contributed by atoms with Crippen molar-refractivity contribution < 1.29 is 32.4 Å². The standard InChI is InChI=1S/C38H58N6O7S/c1-23(2)27-19-30(35(47)40-28(32(45)34(39)46)18-24-12-11-13-24)44(21-27)36(48)33(38(3,4)5)42-37(49)41-29(25-14-7-6-8-15-25)22-43-20-26-16-9-10-17-31(26)52(43,50)51/h9-10,16-17,23-25,27-30,33H,6-8,11-15,18-22H2,1-5H3,(H2,39,46)(H,40,47)(H2,41,42,49)/t27-,28?,29-,30+,33-/m1/s1. The van der Waals surface area contributed by atoms with Crippen LogP contribution in [-0.4, -0.2) is 84.4 Å². The van der Waals surface area contributed by atoms with Gasteiger partial charge in [-0.25, -0.2) is 13.2 Å². The number of nitrogens with one attached hydrogen (secondary N) is 3. The average molecular weight is 743 g/mol. The summed E-state index contributed by atoms with van der Waals surface area (Å²) in [6.45, 7) is 10.2. The Hall–Kier alpha value is -3.52. The van der Waals surface area contributed by atoms with Crippen molar-refractivity contribution in [3.05, 3.63) is 29.8 Å². The number of carbonyl (C=O) groups is 5. The molecule has 5 amide bonds. The molecule has 2 aliphatic carbocycles. The summed E-state index contributed by atoms with van der Waals surface area (Å²) in [5.74, 6) is -2.47. The molecule has 288 valence electrons. The second kappa shape index (κ2) is 16.2. The van der Waals surface area contributed by atoms with E-state index < -0.39 is 69.1 Å². The Bertz CT molecular complexity index is 1620. The van der Waals surface area contributed by atoms with Crippen LogP contribution in [0.25, 0.3) is 0 Å². The third kappa shape index (κ3) is 8.98. The summed E-state index contributed by atoms with van der Waals surface area (Å²) in [5.41, 5.74) is 5.31. The van der Waals surface area contributed by atoms with Gasteiger partial charge >= 0.3 is 6.03 Å². The van der Waals surface area contributed by atoms with E-state index in [1.54, 1.807) is 12.1 Å². The fraction of sp³-hybridized carbons (Fsp3) is 0.711. The molecule has 1 aromatic carbocycles. The first-order valence-electron chi connectivity index (χ1n) is 19.1. The number of hydrogen-bond acceptors (Lipinski definition) is 7. The molecule has 1 unspecified atom stereocenters. The number of nitrogens with zero attached hydrogens (tertiary/aromatic N) is 2. The molecule has 1 aromatic rings. The van der Waals surface area contributed by atoms with Gasteiger partial charge in [-0.05, 0) is 66.4 Å². The lowest BCUT2D eigenvalue weighted by Gasteiger charge is -2.37. The van der Waals surface area contributed by atoms with Crippen LogP contribution in [0.15, 0.2) is 29.2 Å². The van der Waals surface area contributed by atoms with E-state index in [9.17, 15) is 32.4 Å². The largest absolute Gasteiger partial charge is 0.363 e. The van der Waals surface area contributed by atoms with Crippen molar-refractivity contribution in [1.29, 1.82) is 0 Å². The van der Waals surface area contributed by atoms with E-state index in [0.29, 0.717) is 19.4 Å². The minimum absolute atomic E-state index is 0.00622. The van der Waals surface area contributed by atoms with Crippen LogP contribution in [0.5, 0.6) is 0 Å². The molecule has 13 nitrogen and oxygen atoms in total. The van der Waals surface area contributed by atoms with E-state index in [0.717, 1.165) is 56.9 Å². The second-order valence-corrected chi connectivity index (χ2v) is 18.8. The highest BCUT2D eigenvalue weighted by molar-refractivity contribution is 7.89. The number of carbonyl (C=O) groups excluding carboxylic acids is 5. The smallest absolute Gasteiger partial charge is 0.315 e. The van der Waals surface area contributed by atoms with Gasteiger partial charge < -0.3 is 26.6 Å². The Labute approximate surface area is 308 Å². The van der Waals surface area contributed by atoms with Crippen molar-refractivity contribution in [2.45, 2.75) is 134 Å². The van der Waals surface area contributed by atoms with Crippen molar-refractivity contribution in [3.63, 3.8) is 0 Å². The lowest BCUT2D eigenvalue weighted by Crippen LogP contribution is -2.61. The van der Waals surface area contributed by atoms with E-state index in [1.807, 2.05) is 46.8 Å². The minimum atomic E-state index is -3.72. The molecule has 5 rings (SSSR count). The Morgan fingerprint density at radius 2 is 1.58 bits per heavy atom. The second-order valence-electron chi connectivity index (χ2n) is 16.9. The molecule has 2 heterocycles. The van der Waals surface area contributed by atoms with Gasteiger partial charge in [0.15, 0.2) is 0 Å². The molecule has 5 atom stereocenters. The predicted octanol–water partition coefficient (Wildman–Crippen LogP) is 3.46. The number of Topliss-reactive ketones (excluding diaryl/α,β-unsaturated/α-hetero) is 1. The zero-order chi connectivity index (χ0) is 38.0. The summed E-state index contributed by atoms with van der Waals surface area (Å²) in [4.78, 5) is 68.8. The van der Waals surface area contributed by atoms with Crippen molar-refractivity contribution in [3.8, 4) is 0 Å². The van der Waals surface area contributed by atoms with Gasteiger partial charge in [-0.1, -0.05) is 91.3 Å². The quantitative estimate of drug-likeness (QED) is 0.223. The number of sulfonamides is 1. The van der Waals surface area contributed by atoms with Crippen LogP contribution in [-0.2, 0) is 35.7 Å². The number of rotatable bonds is 13. The first kappa shape index (κ1) is 39.7. The van der Waals surface area contributed by atoms with Crippen LogP contribution in [0.4, 0.5) is 4.79 Å². The number of primary amides is 1. The molecule has 3 fully saturated rings. The third-order valence-electron chi connectivity index (χ3n) is 11.8. The molecule has 4 aliphatic rings. The normalized spacial score (nSPS) is 24.0. The summed E-state index contributed by atoms with van der Waals surface area (Å²) < 4.78 is 28.4. The van der Waals surface area contributed by atoms with E-state index in [2.05, 4.69) is 16.0 Å². The number of amides is 5. The summed E-state index contributed by atoms with van der Waals surface area (Å²) in [5, 5.41) is 8.78. The maximum atomic E-state index is 14.5. The van der Waals surface area contributed by atoms with Crippen molar-refractivity contribution >= 4 is 39.6 Å². The fourth-order valence-corrected chi connectivity index (χ4v) is 9.92. The van der Waals surface area contributed by atoms with Gasteiger partial charge in [0.2, 0.25) is 27.6 Å². The topological polar surface area (TPSA) is 188 Å². The van der Waals surface area contributed by atoms with Crippen molar-refractivity contribution in [2.75, 3.05) is 13.1 Å². The summed E-state index contributed by atoms with van der Waals surface area (Å²) >= 11 is 0. The highest BCUT2D eigenvalue weighted by Gasteiger charge is 2.47. The average Bonchev–Trinajstić information content (AvgIpc) is 3.63. The van der Waals surface area contributed by atoms with Gasteiger partial charge in [0, 0.05) is 25.7 Å². The maximum Gasteiger partial charge on any atom is 0.315 e. The van der Waals surface area contributed by atoms with E-state index in [-0.39, 0.29) is 41.7 Å². The highest BCUT2D eigenvalue weighted by atomic mass is 32.2. The Balaban J connectivity index is 1.33. The van der Waals surface area contributed by atoms with Crippen molar-refractivity contribution in [2.24, 2.45) is 34.8 Å². The molecule has 0 radical (unpaired) electrons. The first-order chi connectivity index (χ1) is 24.5. The van der Waals surface area contributed by atoms with Gasteiger partial charge in [0.1, 0.15) is 12.1 Å². The summed E-state index contributed by atoms with van der Waals surface area (Å²) in [7, 11) is -3.72. The van der Waals surface area contributed by atoms with Gasteiger partial charge in [-0.3, -0.25) is 19.2 Å². The van der Waals surface area contributed by atoms with Gasteiger partial charge in [0.25, 0.3) is 5.91 Å². The number of likely N-dealkylation sites (tertiary alicyclic amines) is 1. The van der Waals surface area contributed by atoms with E-state index in [1.165, 1.54) is 9.21 Å². The molecular formula is C38H58N6O7S. The van der Waals surface area contributed by atoms with Gasteiger partial charge in [0.05, 0.1) is 10.9 Å². The molecule has 0 bridgehead atoms. The summed E-state index contributed by atoms with van der Waals surface area (Å²) in [6.07, 6.45) is 8.31. The Morgan fingerprint density at radius 1 is 0.904 bits per heavy atom. The fourth-order valence-electron chi connectivity index (χ4n) is 8.26. The van der Waals surface area contributed by atoms with Gasteiger partial charge in [-0.2, -0.15) is 4.31 Å². The van der Waals surface area contributed by atoms with Crippen LogP contribution in [0, 0.1) is 29.1 Å². The lowest BCUT2D eigenvalue weighted by atomic mass is 9.80. The molecule has 0 aromatic heterocycles. The van der Waals surface area contributed by atoms with E-state index >= 15 is 0 Å². The molecule has 0 spiro atoms.